The minimum Gasteiger partial charge on any atom is -0.388 e. The average Bonchev–Trinajstić information content (AvgIpc) is 2.64. The maximum atomic E-state index is 13.0. The first kappa shape index (κ1) is 18.1. The number of aliphatic hydroxyl groups is 1. The van der Waals surface area contributed by atoms with Gasteiger partial charge in [0.05, 0.1) is 11.9 Å². The molecule has 0 spiro atoms. The third kappa shape index (κ3) is 5.14. The Hall–Kier alpha value is -2.71. The van der Waals surface area contributed by atoms with Gasteiger partial charge in [0.25, 0.3) is 0 Å². The largest absolute Gasteiger partial charge is 0.388 e. The molecule has 1 aromatic heterocycles. The van der Waals surface area contributed by atoms with Crippen molar-refractivity contribution >= 4 is 29.3 Å². The van der Waals surface area contributed by atoms with E-state index >= 15 is 0 Å². The monoisotopic (exact) mass is 371 g/mol. The Labute approximate surface area is 154 Å². The first-order valence-corrected chi connectivity index (χ1v) is 9.09. The Kier molecular flexibility index (Phi) is 5.98. The van der Waals surface area contributed by atoms with E-state index in [1.165, 1.54) is 23.9 Å². The maximum absolute atomic E-state index is 13.0. The van der Waals surface area contributed by atoms with Crippen LogP contribution in [0.1, 0.15) is 17.5 Å². The summed E-state index contributed by atoms with van der Waals surface area (Å²) in [6, 6.07) is 15.3. The number of benzene rings is 2. The fourth-order valence-electron chi connectivity index (χ4n) is 2.25. The van der Waals surface area contributed by atoms with Crippen LogP contribution in [0.25, 0.3) is 0 Å². The van der Waals surface area contributed by atoms with Crippen molar-refractivity contribution in [1.82, 2.24) is 15.0 Å². The number of hydrogen-bond donors (Lipinski definition) is 3. The van der Waals surface area contributed by atoms with Gasteiger partial charge in [-0.2, -0.15) is 26.7 Å². The van der Waals surface area contributed by atoms with Gasteiger partial charge in [0.15, 0.2) is 0 Å². The molecular formula is C18H18FN5OS. The van der Waals surface area contributed by atoms with E-state index in [1.54, 1.807) is 12.1 Å². The number of aromatic nitrogens is 3. The molecule has 1 atom stereocenters. The second kappa shape index (κ2) is 8.59. The first-order valence-electron chi connectivity index (χ1n) is 7.94. The molecular weight excluding hydrogens is 353 g/mol. The molecule has 0 unspecified atom stereocenters. The molecule has 134 valence electrons. The second-order valence-electron chi connectivity index (χ2n) is 5.51. The zero-order valence-corrected chi connectivity index (χ0v) is 14.7. The predicted octanol–water partition coefficient (Wildman–Crippen LogP) is 3.30. The van der Waals surface area contributed by atoms with Gasteiger partial charge in [-0.3, -0.25) is 0 Å². The van der Waals surface area contributed by atoms with E-state index in [2.05, 4.69) is 20.3 Å². The number of nitrogens with two attached hydrogens (primary N) is 1. The van der Waals surface area contributed by atoms with Gasteiger partial charge in [0.1, 0.15) is 11.6 Å². The Morgan fingerprint density at radius 1 is 1.04 bits per heavy atom. The smallest absolute Gasteiger partial charge is 0.232 e. The molecule has 26 heavy (non-hydrogen) atoms. The third-order valence-electron chi connectivity index (χ3n) is 3.49. The number of hydrogen-bond acceptors (Lipinski definition) is 7. The number of anilines is 3. The number of aliphatic hydroxyl groups excluding tert-OH is 1. The summed E-state index contributed by atoms with van der Waals surface area (Å²) in [6.45, 7) is 0. The second-order valence-corrected chi connectivity index (χ2v) is 6.54. The highest BCUT2D eigenvalue weighted by atomic mass is 32.2. The molecule has 0 amide bonds. The molecule has 2 aromatic carbocycles. The summed E-state index contributed by atoms with van der Waals surface area (Å²) in [5.74, 6) is 1.57. The number of nitrogen functional groups attached to an aromatic ring is 1. The Balaban J connectivity index is 1.59. The molecule has 0 bridgehead atoms. The molecule has 1 heterocycles. The van der Waals surface area contributed by atoms with Crippen LogP contribution in [-0.4, -0.2) is 25.8 Å². The van der Waals surface area contributed by atoms with E-state index in [0.717, 1.165) is 5.56 Å². The SMILES string of the molecule is Nc1nc(CSC[C@@H](O)c2ccccc2)nc(Nc2ccc(F)cc2)n1. The van der Waals surface area contributed by atoms with Crippen LogP contribution in [0.3, 0.4) is 0 Å². The normalized spacial score (nSPS) is 11.9. The molecule has 3 aromatic rings. The minimum atomic E-state index is -0.558. The highest BCUT2D eigenvalue weighted by Crippen LogP contribution is 2.21. The van der Waals surface area contributed by atoms with E-state index in [-0.39, 0.29) is 11.8 Å². The van der Waals surface area contributed by atoms with Gasteiger partial charge < -0.3 is 16.2 Å². The lowest BCUT2D eigenvalue weighted by molar-refractivity contribution is 0.204. The van der Waals surface area contributed by atoms with Gasteiger partial charge in [-0.1, -0.05) is 30.3 Å². The quantitative estimate of drug-likeness (QED) is 0.586. The highest BCUT2D eigenvalue weighted by Gasteiger charge is 2.09. The molecule has 0 saturated carbocycles. The molecule has 0 saturated heterocycles. The van der Waals surface area contributed by atoms with Gasteiger partial charge in [0.2, 0.25) is 11.9 Å². The van der Waals surface area contributed by atoms with Crippen LogP contribution < -0.4 is 11.1 Å². The molecule has 0 aliphatic carbocycles. The molecule has 0 aliphatic heterocycles. The number of thioether (sulfide) groups is 1. The van der Waals surface area contributed by atoms with Crippen LogP contribution in [0.15, 0.2) is 54.6 Å². The lowest BCUT2D eigenvalue weighted by Gasteiger charge is -2.11. The average molecular weight is 371 g/mol. The van der Waals surface area contributed by atoms with Crippen molar-refractivity contribution in [2.24, 2.45) is 0 Å². The van der Waals surface area contributed by atoms with Crippen LogP contribution in [0, 0.1) is 5.82 Å². The fourth-order valence-corrected chi connectivity index (χ4v) is 3.10. The Morgan fingerprint density at radius 2 is 1.77 bits per heavy atom. The number of nitrogens with zero attached hydrogens (tertiary/aromatic N) is 3. The van der Waals surface area contributed by atoms with Crippen molar-refractivity contribution < 1.29 is 9.50 Å². The lowest BCUT2D eigenvalue weighted by Crippen LogP contribution is -2.07. The van der Waals surface area contributed by atoms with Crippen LogP contribution >= 0.6 is 11.8 Å². The molecule has 0 fully saturated rings. The van der Waals surface area contributed by atoms with Crippen molar-refractivity contribution in [3.05, 3.63) is 71.8 Å². The van der Waals surface area contributed by atoms with Crippen molar-refractivity contribution in [3.63, 3.8) is 0 Å². The summed E-state index contributed by atoms with van der Waals surface area (Å²) in [4.78, 5) is 12.5. The molecule has 0 aliphatic rings. The van der Waals surface area contributed by atoms with Gasteiger partial charge in [0, 0.05) is 11.4 Å². The van der Waals surface area contributed by atoms with Crippen LogP contribution in [0.2, 0.25) is 0 Å². The van der Waals surface area contributed by atoms with E-state index in [0.29, 0.717) is 29.0 Å². The van der Waals surface area contributed by atoms with E-state index < -0.39 is 6.10 Å². The summed E-state index contributed by atoms with van der Waals surface area (Å²) in [6.07, 6.45) is -0.558. The summed E-state index contributed by atoms with van der Waals surface area (Å²) in [5, 5.41) is 13.2. The van der Waals surface area contributed by atoms with Gasteiger partial charge in [-0.05, 0) is 29.8 Å². The topological polar surface area (TPSA) is 97.0 Å². The zero-order valence-electron chi connectivity index (χ0n) is 13.8. The van der Waals surface area contributed by atoms with Gasteiger partial charge in [-0.25, -0.2) is 4.39 Å². The number of halogens is 1. The Morgan fingerprint density at radius 3 is 2.50 bits per heavy atom. The highest BCUT2D eigenvalue weighted by molar-refractivity contribution is 7.98. The van der Waals surface area contributed by atoms with Crippen molar-refractivity contribution in [2.45, 2.75) is 11.9 Å². The van der Waals surface area contributed by atoms with Crippen LogP contribution in [0.5, 0.6) is 0 Å². The molecule has 0 radical (unpaired) electrons. The van der Waals surface area contributed by atoms with Crippen LogP contribution in [0.4, 0.5) is 22.0 Å². The first-order chi connectivity index (χ1) is 12.6. The fraction of sp³-hybridized carbons (Fsp3) is 0.167. The minimum absolute atomic E-state index is 0.101. The molecule has 6 nitrogen and oxygen atoms in total. The van der Waals surface area contributed by atoms with Crippen molar-refractivity contribution in [2.75, 3.05) is 16.8 Å². The Bertz CT molecular complexity index is 848. The number of nitrogens with one attached hydrogen (secondary N) is 1. The summed E-state index contributed by atoms with van der Waals surface area (Å²) in [7, 11) is 0. The van der Waals surface area contributed by atoms with Crippen molar-refractivity contribution in [3.8, 4) is 0 Å². The summed E-state index contributed by atoms with van der Waals surface area (Å²) < 4.78 is 13.0. The van der Waals surface area contributed by atoms with E-state index in [9.17, 15) is 9.50 Å². The zero-order chi connectivity index (χ0) is 18.4. The summed E-state index contributed by atoms with van der Waals surface area (Å²) >= 11 is 1.50. The standard InChI is InChI=1S/C18H18FN5OS/c19-13-6-8-14(9-7-13)21-18-23-16(22-17(20)24-18)11-26-10-15(25)12-4-2-1-3-5-12/h1-9,15,25H,10-11H2,(H3,20,21,22,23,24)/t15-/m1/s1. The molecule has 8 heteroatoms. The molecule has 4 N–H and O–H groups in total. The van der Waals surface area contributed by atoms with E-state index in [4.69, 9.17) is 5.73 Å². The molecule has 3 rings (SSSR count). The third-order valence-corrected chi connectivity index (χ3v) is 4.50. The van der Waals surface area contributed by atoms with Gasteiger partial charge in [-0.15, -0.1) is 0 Å². The predicted molar refractivity (Wildman–Crippen MR) is 101 cm³/mol. The van der Waals surface area contributed by atoms with E-state index in [1.807, 2.05) is 30.3 Å². The maximum Gasteiger partial charge on any atom is 0.232 e. The number of rotatable bonds is 7. The van der Waals surface area contributed by atoms with Gasteiger partial charge >= 0.3 is 0 Å². The van der Waals surface area contributed by atoms with Crippen LogP contribution in [-0.2, 0) is 5.75 Å². The lowest BCUT2D eigenvalue weighted by atomic mass is 10.1. The van der Waals surface area contributed by atoms with Crippen molar-refractivity contribution in [1.29, 1.82) is 0 Å². The summed E-state index contributed by atoms with van der Waals surface area (Å²) in [5.41, 5.74) is 7.26.